The molecule has 1 fully saturated rings. The summed E-state index contributed by atoms with van der Waals surface area (Å²) < 4.78 is 0. The van der Waals surface area contributed by atoms with Crippen molar-refractivity contribution in [1.82, 2.24) is 15.6 Å². The fourth-order valence-electron chi connectivity index (χ4n) is 0.961. The Hall–Kier alpha value is -1.10. The first-order valence-corrected chi connectivity index (χ1v) is 5.14. The number of amides is 2. The lowest BCUT2D eigenvalue weighted by atomic mass is 10.5. The molecule has 1 saturated carbocycles. The lowest BCUT2D eigenvalue weighted by molar-refractivity contribution is 0.240. The maximum Gasteiger partial charge on any atom is 0.315 e. The molecular formula is C8H11N3OS. The van der Waals surface area contributed by atoms with Crippen LogP contribution in [-0.2, 0) is 6.54 Å². The van der Waals surface area contributed by atoms with Crippen LogP contribution in [0.3, 0.4) is 0 Å². The molecule has 0 unspecified atom stereocenters. The zero-order chi connectivity index (χ0) is 9.10. The van der Waals surface area contributed by atoms with Crippen molar-refractivity contribution in [1.29, 1.82) is 0 Å². The summed E-state index contributed by atoms with van der Waals surface area (Å²) in [5.74, 6) is 0. The van der Waals surface area contributed by atoms with Gasteiger partial charge >= 0.3 is 6.03 Å². The fourth-order valence-corrected chi connectivity index (χ4v) is 1.50. The van der Waals surface area contributed by atoms with Gasteiger partial charge in [-0.05, 0) is 12.8 Å². The van der Waals surface area contributed by atoms with Crippen molar-refractivity contribution in [2.75, 3.05) is 0 Å². The second-order valence-corrected chi connectivity index (χ2v) is 4.04. The number of nitrogens with zero attached hydrogens (tertiary/aromatic N) is 1. The largest absolute Gasteiger partial charge is 0.335 e. The SMILES string of the molecule is O=C(NCc1cncs1)NC1CC1. The molecule has 13 heavy (non-hydrogen) atoms. The molecule has 2 N–H and O–H groups in total. The summed E-state index contributed by atoms with van der Waals surface area (Å²) >= 11 is 1.55. The summed E-state index contributed by atoms with van der Waals surface area (Å²) in [4.78, 5) is 16.1. The first-order chi connectivity index (χ1) is 6.34. The van der Waals surface area contributed by atoms with Crippen LogP contribution in [0.2, 0.25) is 0 Å². The van der Waals surface area contributed by atoms with Gasteiger partial charge in [0, 0.05) is 17.1 Å². The van der Waals surface area contributed by atoms with Gasteiger partial charge in [0.1, 0.15) is 0 Å². The Bertz CT molecular complexity index is 282. The number of urea groups is 1. The summed E-state index contributed by atoms with van der Waals surface area (Å²) in [6.07, 6.45) is 4.00. The Balaban J connectivity index is 1.69. The number of hydrogen-bond acceptors (Lipinski definition) is 3. The lowest BCUT2D eigenvalue weighted by Crippen LogP contribution is -2.36. The minimum atomic E-state index is -0.0732. The van der Waals surface area contributed by atoms with Crippen LogP contribution in [0, 0.1) is 0 Å². The highest BCUT2D eigenvalue weighted by Crippen LogP contribution is 2.18. The van der Waals surface area contributed by atoms with Crippen LogP contribution in [-0.4, -0.2) is 17.1 Å². The highest BCUT2D eigenvalue weighted by atomic mass is 32.1. The number of aromatic nitrogens is 1. The zero-order valence-corrected chi connectivity index (χ0v) is 7.93. The summed E-state index contributed by atoms with van der Waals surface area (Å²) in [6, 6.07) is 0.345. The highest BCUT2D eigenvalue weighted by Gasteiger charge is 2.22. The zero-order valence-electron chi connectivity index (χ0n) is 7.12. The second-order valence-electron chi connectivity index (χ2n) is 3.07. The van der Waals surface area contributed by atoms with Crippen LogP contribution >= 0.6 is 11.3 Å². The van der Waals surface area contributed by atoms with Gasteiger partial charge in [0.2, 0.25) is 0 Å². The number of nitrogens with one attached hydrogen (secondary N) is 2. The van der Waals surface area contributed by atoms with Crippen LogP contribution in [0.15, 0.2) is 11.7 Å². The standard InChI is InChI=1S/C8H11N3OS/c12-8(11-6-1-2-6)10-4-7-3-9-5-13-7/h3,5-6H,1-2,4H2,(H2,10,11,12). The summed E-state index contributed by atoms with van der Waals surface area (Å²) in [6.45, 7) is 0.573. The molecule has 2 amide bonds. The van der Waals surface area contributed by atoms with E-state index in [-0.39, 0.29) is 6.03 Å². The number of thiazole rings is 1. The Morgan fingerprint density at radius 1 is 1.69 bits per heavy atom. The van der Waals surface area contributed by atoms with Crippen molar-refractivity contribution in [2.45, 2.75) is 25.4 Å². The monoisotopic (exact) mass is 197 g/mol. The molecule has 1 heterocycles. The predicted molar refractivity (Wildman–Crippen MR) is 50.5 cm³/mol. The number of carbonyl (C=O) groups is 1. The summed E-state index contributed by atoms with van der Waals surface area (Å²) in [5.41, 5.74) is 1.76. The maximum absolute atomic E-state index is 11.2. The molecule has 0 aromatic carbocycles. The van der Waals surface area contributed by atoms with Gasteiger partial charge in [-0.3, -0.25) is 4.98 Å². The van der Waals surface area contributed by atoms with E-state index in [9.17, 15) is 4.79 Å². The average molecular weight is 197 g/mol. The molecule has 1 aliphatic carbocycles. The number of hydrogen-bond donors (Lipinski definition) is 2. The van der Waals surface area contributed by atoms with E-state index in [0.717, 1.165) is 17.7 Å². The van der Waals surface area contributed by atoms with Gasteiger partial charge in [0.15, 0.2) is 0 Å². The molecular weight excluding hydrogens is 186 g/mol. The van der Waals surface area contributed by atoms with Gasteiger partial charge in [-0.2, -0.15) is 0 Å². The van der Waals surface area contributed by atoms with E-state index >= 15 is 0 Å². The molecule has 0 spiro atoms. The van der Waals surface area contributed by atoms with Gasteiger partial charge in [-0.15, -0.1) is 11.3 Å². The Labute approximate surface area is 80.4 Å². The Morgan fingerprint density at radius 2 is 2.54 bits per heavy atom. The minimum absolute atomic E-state index is 0.0732. The van der Waals surface area contributed by atoms with E-state index in [1.54, 1.807) is 23.0 Å². The van der Waals surface area contributed by atoms with Gasteiger partial charge in [-0.25, -0.2) is 4.79 Å². The van der Waals surface area contributed by atoms with Crippen molar-refractivity contribution in [2.24, 2.45) is 0 Å². The second kappa shape index (κ2) is 3.74. The molecule has 0 radical (unpaired) electrons. The fraction of sp³-hybridized carbons (Fsp3) is 0.500. The normalized spacial score (nSPS) is 15.4. The van der Waals surface area contributed by atoms with E-state index in [1.165, 1.54) is 0 Å². The van der Waals surface area contributed by atoms with Crippen molar-refractivity contribution >= 4 is 17.4 Å². The number of carbonyl (C=O) groups excluding carboxylic acids is 1. The Morgan fingerprint density at radius 3 is 3.15 bits per heavy atom. The molecule has 5 heteroatoms. The molecule has 70 valence electrons. The van der Waals surface area contributed by atoms with Crippen LogP contribution in [0.1, 0.15) is 17.7 Å². The predicted octanol–water partition coefficient (Wildman–Crippen LogP) is 1.10. The summed E-state index contributed by atoms with van der Waals surface area (Å²) in [5, 5.41) is 5.63. The Kier molecular flexibility index (Phi) is 2.44. The third-order valence-electron chi connectivity index (χ3n) is 1.82. The van der Waals surface area contributed by atoms with E-state index in [1.807, 2.05) is 0 Å². The first kappa shape index (κ1) is 8.50. The molecule has 1 aromatic heterocycles. The lowest BCUT2D eigenvalue weighted by Gasteiger charge is -2.03. The third kappa shape index (κ3) is 2.69. The van der Waals surface area contributed by atoms with E-state index in [0.29, 0.717) is 12.6 Å². The number of rotatable bonds is 3. The molecule has 4 nitrogen and oxygen atoms in total. The van der Waals surface area contributed by atoms with Crippen molar-refractivity contribution in [3.05, 3.63) is 16.6 Å². The molecule has 2 rings (SSSR count). The van der Waals surface area contributed by atoms with Crippen molar-refractivity contribution in [3.63, 3.8) is 0 Å². The third-order valence-corrected chi connectivity index (χ3v) is 2.60. The molecule has 1 aliphatic rings. The molecule has 0 saturated heterocycles. The van der Waals surface area contributed by atoms with Crippen LogP contribution in [0.4, 0.5) is 4.79 Å². The van der Waals surface area contributed by atoms with E-state index in [4.69, 9.17) is 0 Å². The highest BCUT2D eigenvalue weighted by molar-refractivity contribution is 7.09. The quantitative estimate of drug-likeness (QED) is 0.762. The molecule has 0 atom stereocenters. The van der Waals surface area contributed by atoms with E-state index in [2.05, 4.69) is 15.6 Å². The smallest absolute Gasteiger partial charge is 0.315 e. The van der Waals surface area contributed by atoms with Gasteiger partial charge in [0.25, 0.3) is 0 Å². The van der Waals surface area contributed by atoms with Crippen LogP contribution in [0.25, 0.3) is 0 Å². The van der Waals surface area contributed by atoms with Gasteiger partial charge in [0.05, 0.1) is 12.1 Å². The first-order valence-electron chi connectivity index (χ1n) is 4.26. The van der Waals surface area contributed by atoms with Crippen LogP contribution < -0.4 is 10.6 Å². The van der Waals surface area contributed by atoms with Gasteiger partial charge in [-0.1, -0.05) is 0 Å². The van der Waals surface area contributed by atoms with Gasteiger partial charge < -0.3 is 10.6 Å². The van der Waals surface area contributed by atoms with Crippen LogP contribution in [0.5, 0.6) is 0 Å². The maximum atomic E-state index is 11.2. The minimum Gasteiger partial charge on any atom is -0.335 e. The molecule has 0 bridgehead atoms. The van der Waals surface area contributed by atoms with Crippen molar-refractivity contribution < 1.29 is 4.79 Å². The average Bonchev–Trinajstić information content (AvgIpc) is 2.78. The topological polar surface area (TPSA) is 54.0 Å². The van der Waals surface area contributed by atoms with E-state index < -0.39 is 0 Å². The molecule has 1 aromatic rings. The summed E-state index contributed by atoms with van der Waals surface area (Å²) in [7, 11) is 0. The molecule has 0 aliphatic heterocycles. The van der Waals surface area contributed by atoms with Crippen molar-refractivity contribution in [3.8, 4) is 0 Å².